The molecule has 0 atom stereocenters. The molecule has 0 radical (unpaired) electrons. The van der Waals surface area contributed by atoms with E-state index in [2.05, 4.69) is 0 Å². The second-order valence-electron chi connectivity index (χ2n) is 3.72. The minimum Gasteiger partial charge on any atom is -0.381 e. The maximum Gasteiger partial charge on any atom is 0.0494 e. The van der Waals surface area contributed by atoms with Gasteiger partial charge in [-0.15, -0.1) is 0 Å². The Morgan fingerprint density at radius 1 is 1.17 bits per heavy atom. The van der Waals surface area contributed by atoms with Crippen molar-refractivity contribution in [2.45, 2.75) is 38.5 Å². The van der Waals surface area contributed by atoms with E-state index in [-0.39, 0.29) is 0 Å². The molecule has 0 aliphatic heterocycles. The zero-order valence-corrected chi connectivity index (χ0v) is 7.93. The van der Waals surface area contributed by atoms with Crippen molar-refractivity contribution in [1.82, 2.24) is 0 Å². The Hall–Kier alpha value is -0.0800. The van der Waals surface area contributed by atoms with Crippen molar-refractivity contribution in [2.24, 2.45) is 11.7 Å². The molecule has 1 rings (SSSR count). The van der Waals surface area contributed by atoms with Gasteiger partial charge in [0.05, 0.1) is 0 Å². The van der Waals surface area contributed by atoms with E-state index in [1.807, 2.05) is 0 Å². The molecule has 2 heteroatoms. The average Bonchev–Trinajstić information content (AvgIpc) is 2.14. The van der Waals surface area contributed by atoms with Gasteiger partial charge >= 0.3 is 0 Å². The molecular weight excluding hydrogens is 150 g/mol. The maximum atomic E-state index is 5.53. The van der Waals surface area contributed by atoms with E-state index in [4.69, 9.17) is 10.5 Å². The molecule has 0 aromatic rings. The number of hydrogen-bond acceptors (Lipinski definition) is 2. The SMILES string of the molecule is NCCCOCC1CCCCC1. The third-order valence-electron chi connectivity index (χ3n) is 2.57. The number of hydrogen-bond donors (Lipinski definition) is 1. The van der Waals surface area contributed by atoms with Gasteiger partial charge in [0.25, 0.3) is 0 Å². The van der Waals surface area contributed by atoms with Gasteiger partial charge in [0.15, 0.2) is 0 Å². The van der Waals surface area contributed by atoms with Crippen LogP contribution in [0.5, 0.6) is 0 Å². The van der Waals surface area contributed by atoms with Gasteiger partial charge in [0.2, 0.25) is 0 Å². The molecule has 0 saturated heterocycles. The van der Waals surface area contributed by atoms with Crippen molar-refractivity contribution < 1.29 is 4.74 Å². The first-order valence-electron chi connectivity index (χ1n) is 5.21. The predicted molar refractivity (Wildman–Crippen MR) is 51.1 cm³/mol. The van der Waals surface area contributed by atoms with Crippen LogP contribution in [0.25, 0.3) is 0 Å². The van der Waals surface area contributed by atoms with Gasteiger partial charge in [-0.05, 0) is 31.7 Å². The van der Waals surface area contributed by atoms with Crippen molar-refractivity contribution in [2.75, 3.05) is 19.8 Å². The lowest BCUT2D eigenvalue weighted by atomic mass is 9.90. The lowest BCUT2D eigenvalue weighted by Gasteiger charge is -2.21. The molecule has 1 aliphatic carbocycles. The molecule has 0 unspecified atom stereocenters. The Balaban J connectivity index is 1.91. The minimum atomic E-state index is 0.755. The maximum absolute atomic E-state index is 5.53. The molecule has 1 fully saturated rings. The molecule has 0 heterocycles. The van der Waals surface area contributed by atoms with Crippen LogP contribution in [0.15, 0.2) is 0 Å². The van der Waals surface area contributed by atoms with Crippen LogP contribution < -0.4 is 5.73 Å². The van der Waals surface area contributed by atoms with Gasteiger partial charge in [-0.25, -0.2) is 0 Å². The van der Waals surface area contributed by atoms with E-state index >= 15 is 0 Å². The van der Waals surface area contributed by atoms with Crippen LogP contribution in [-0.2, 0) is 4.74 Å². The van der Waals surface area contributed by atoms with Gasteiger partial charge in [0, 0.05) is 13.2 Å². The molecule has 0 bridgehead atoms. The zero-order valence-electron chi connectivity index (χ0n) is 7.93. The van der Waals surface area contributed by atoms with Crippen molar-refractivity contribution in [3.63, 3.8) is 0 Å². The van der Waals surface area contributed by atoms with E-state index in [0.717, 1.165) is 32.1 Å². The summed E-state index contributed by atoms with van der Waals surface area (Å²) in [6, 6.07) is 0. The monoisotopic (exact) mass is 171 g/mol. The molecule has 0 aromatic carbocycles. The quantitative estimate of drug-likeness (QED) is 0.641. The van der Waals surface area contributed by atoms with Crippen molar-refractivity contribution >= 4 is 0 Å². The van der Waals surface area contributed by atoms with E-state index in [0.29, 0.717) is 0 Å². The standard InChI is InChI=1S/C10H21NO/c11-7-4-8-12-9-10-5-2-1-3-6-10/h10H,1-9,11H2. The Labute approximate surface area is 75.5 Å². The number of ether oxygens (including phenoxy) is 1. The third kappa shape index (κ3) is 4.07. The first kappa shape index (κ1) is 10.0. The summed E-state index contributed by atoms with van der Waals surface area (Å²) < 4.78 is 5.53. The molecule has 0 amide bonds. The topological polar surface area (TPSA) is 35.2 Å². The van der Waals surface area contributed by atoms with E-state index in [1.54, 1.807) is 0 Å². The molecule has 2 N–H and O–H groups in total. The highest BCUT2D eigenvalue weighted by Crippen LogP contribution is 2.23. The van der Waals surface area contributed by atoms with E-state index in [9.17, 15) is 0 Å². The van der Waals surface area contributed by atoms with Crippen molar-refractivity contribution in [3.05, 3.63) is 0 Å². The van der Waals surface area contributed by atoms with Crippen LogP contribution in [0, 0.1) is 5.92 Å². The molecule has 0 aromatic heterocycles. The average molecular weight is 171 g/mol. The summed E-state index contributed by atoms with van der Waals surface area (Å²) in [6.07, 6.45) is 8.01. The van der Waals surface area contributed by atoms with Gasteiger partial charge in [0.1, 0.15) is 0 Å². The van der Waals surface area contributed by atoms with Gasteiger partial charge in [-0.1, -0.05) is 19.3 Å². The highest BCUT2D eigenvalue weighted by Gasteiger charge is 2.12. The van der Waals surface area contributed by atoms with Crippen LogP contribution in [0.1, 0.15) is 38.5 Å². The molecule has 0 spiro atoms. The van der Waals surface area contributed by atoms with Crippen molar-refractivity contribution in [3.8, 4) is 0 Å². The van der Waals surface area contributed by atoms with Crippen LogP contribution in [0.3, 0.4) is 0 Å². The fraction of sp³-hybridized carbons (Fsp3) is 1.00. The molecule has 2 nitrogen and oxygen atoms in total. The molecular formula is C10H21NO. The first-order chi connectivity index (χ1) is 5.93. The summed E-state index contributed by atoms with van der Waals surface area (Å²) in [7, 11) is 0. The zero-order chi connectivity index (χ0) is 8.65. The Bertz CT molecular complexity index is 100. The highest BCUT2D eigenvalue weighted by molar-refractivity contribution is 4.64. The second-order valence-corrected chi connectivity index (χ2v) is 3.72. The fourth-order valence-corrected chi connectivity index (χ4v) is 1.79. The first-order valence-corrected chi connectivity index (χ1v) is 5.21. The van der Waals surface area contributed by atoms with E-state index in [1.165, 1.54) is 32.1 Å². The second kappa shape index (κ2) is 6.44. The summed E-state index contributed by atoms with van der Waals surface area (Å²) in [5.74, 6) is 0.844. The van der Waals surface area contributed by atoms with Gasteiger partial charge in [-0.2, -0.15) is 0 Å². The minimum absolute atomic E-state index is 0.755. The van der Waals surface area contributed by atoms with Gasteiger partial charge in [-0.3, -0.25) is 0 Å². The lowest BCUT2D eigenvalue weighted by Crippen LogP contribution is -2.14. The molecule has 1 saturated carbocycles. The van der Waals surface area contributed by atoms with Gasteiger partial charge < -0.3 is 10.5 Å². The predicted octanol–water partition coefficient (Wildman–Crippen LogP) is 1.93. The smallest absolute Gasteiger partial charge is 0.0494 e. The highest BCUT2D eigenvalue weighted by atomic mass is 16.5. The largest absolute Gasteiger partial charge is 0.381 e. The van der Waals surface area contributed by atoms with Crippen LogP contribution in [-0.4, -0.2) is 19.8 Å². The Morgan fingerprint density at radius 2 is 1.92 bits per heavy atom. The summed E-state index contributed by atoms with van der Waals surface area (Å²) in [4.78, 5) is 0. The van der Waals surface area contributed by atoms with Crippen LogP contribution in [0.2, 0.25) is 0 Å². The summed E-state index contributed by atoms with van der Waals surface area (Å²) in [6.45, 7) is 2.58. The third-order valence-corrected chi connectivity index (χ3v) is 2.57. The Kier molecular flexibility index (Phi) is 5.37. The van der Waals surface area contributed by atoms with Crippen LogP contribution >= 0.6 is 0 Å². The lowest BCUT2D eigenvalue weighted by molar-refractivity contribution is 0.0847. The van der Waals surface area contributed by atoms with Crippen LogP contribution in [0.4, 0.5) is 0 Å². The van der Waals surface area contributed by atoms with E-state index < -0.39 is 0 Å². The Morgan fingerprint density at radius 3 is 2.58 bits per heavy atom. The summed E-state index contributed by atoms with van der Waals surface area (Å²) in [5.41, 5.74) is 5.37. The summed E-state index contributed by atoms with van der Waals surface area (Å²) in [5, 5.41) is 0. The summed E-state index contributed by atoms with van der Waals surface area (Å²) >= 11 is 0. The molecule has 1 aliphatic rings. The molecule has 12 heavy (non-hydrogen) atoms. The number of rotatable bonds is 5. The normalized spacial score (nSPS) is 19.8. The number of nitrogens with two attached hydrogens (primary N) is 1. The van der Waals surface area contributed by atoms with Crippen molar-refractivity contribution in [1.29, 1.82) is 0 Å². The molecule has 72 valence electrons. The fourth-order valence-electron chi connectivity index (χ4n) is 1.79.